The molecule has 0 spiro atoms. The van der Waals surface area contributed by atoms with Crippen LogP contribution in [0.5, 0.6) is 11.5 Å². The largest absolute Gasteiger partial charge is 0.497 e. The standard InChI is InChI=1S/C29H38N4O4/c1-31(22-25-9-12-28(34)30-25)21-24-4-3-5-27(20-24)37-19-18-32-14-16-33(17-15-32)29(35)13-8-23-6-10-26(36-2)11-7-23/h3-8,10-11,13,20,25H,9,12,14-19,21-22H2,1-2H3,(H,30,34)/b13-8+/t25-/m1/s1. The number of carbonyl (C=O) groups excluding carboxylic acids is 2. The summed E-state index contributed by atoms with van der Waals surface area (Å²) >= 11 is 0. The lowest BCUT2D eigenvalue weighted by Gasteiger charge is -2.34. The van der Waals surface area contributed by atoms with Gasteiger partial charge in [0.1, 0.15) is 18.1 Å². The monoisotopic (exact) mass is 506 g/mol. The highest BCUT2D eigenvalue weighted by Crippen LogP contribution is 2.16. The Hall–Kier alpha value is -3.36. The van der Waals surface area contributed by atoms with Crippen molar-refractivity contribution in [3.63, 3.8) is 0 Å². The van der Waals surface area contributed by atoms with E-state index in [9.17, 15) is 9.59 Å². The van der Waals surface area contributed by atoms with E-state index in [0.717, 1.165) is 69.3 Å². The summed E-state index contributed by atoms with van der Waals surface area (Å²) in [6, 6.07) is 16.1. The Bertz CT molecular complexity index is 1060. The lowest BCUT2D eigenvalue weighted by molar-refractivity contribution is -0.127. The van der Waals surface area contributed by atoms with Gasteiger partial charge in [0.05, 0.1) is 7.11 Å². The molecule has 2 saturated heterocycles. The fraction of sp³-hybridized carbons (Fsp3) is 0.448. The van der Waals surface area contributed by atoms with Crippen LogP contribution in [0.3, 0.4) is 0 Å². The van der Waals surface area contributed by atoms with Crippen molar-refractivity contribution in [2.75, 3.05) is 60.0 Å². The molecule has 37 heavy (non-hydrogen) atoms. The summed E-state index contributed by atoms with van der Waals surface area (Å²) in [7, 11) is 3.72. The average Bonchev–Trinajstić information content (AvgIpc) is 3.32. The van der Waals surface area contributed by atoms with Gasteiger partial charge >= 0.3 is 0 Å². The van der Waals surface area contributed by atoms with E-state index < -0.39 is 0 Å². The van der Waals surface area contributed by atoms with Crippen molar-refractivity contribution >= 4 is 17.9 Å². The second kappa shape index (κ2) is 13.3. The Morgan fingerprint density at radius 2 is 1.89 bits per heavy atom. The third-order valence-electron chi connectivity index (χ3n) is 6.86. The molecule has 2 aliphatic rings. The van der Waals surface area contributed by atoms with E-state index in [0.29, 0.717) is 13.0 Å². The van der Waals surface area contributed by atoms with Gasteiger partial charge in [0.15, 0.2) is 0 Å². The summed E-state index contributed by atoms with van der Waals surface area (Å²) in [5, 5.41) is 3.03. The number of amides is 2. The number of piperazine rings is 1. The maximum absolute atomic E-state index is 12.6. The molecule has 1 atom stereocenters. The van der Waals surface area contributed by atoms with Gasteiger partial charge in [0, 0.05) is 64.4 Å². The van der Waals surface area contributed by atoms with Crippen LogP contribution in [0, 0.1) is 0 Å². The average molecular weight is 507 g/mol. The Kier molecular flexibility index (Phi) is 9.57. The van der Waals surface area contributed by atoms with Gasteiger partial charge in [-0.05, 0) is 54.9 Å². The van der Waals surface area contributed by atoms with Gasteiger partial charge < -0.3 is 24.6 Å². The number of benzene rings is 2. The molecule has 0 aliphatic carbocycles. The molecule has 2 aromatic rings. The third kappa shape index (κ3) is 8.33. The Morgan fingerprint density at radius 3 is 2.59 bits per heavy atom. The SMILES string of the molecule is COc1ccc(/C=C/C(=O)N2CCN(CCOc3cccc(CN(C)C[C@H]4CCC(=O)N4)c3)CC2)cc1. The highest BCUT2D eigenvalue weighted by molar-refractivity contribution is 5.91. The molecule has 0 aromatic heterocycles. The lowest BCUT2D eigenvalue weighted by Crippen LogP contribution is -2.49. The highest BCUT2D eigenvalue weighted by Gasteiger charge is 2.22. The van der Waals surface area contributed by atoms with Crippen LogP contribution in [-0.2, 0) is 16.1 Å². The summed E-state index contributed by atoms with van der Waals surface area (Å²) in [4.78, 5) is 30.5. The van der Waals surface area contributed by atoms with Crippen molar-refractivity contribution in [2.24, 2.45) is 0 Å². The second-order valence-electron chi connectivity index (χ2n) is 9.77. The number of rotatable bonds is 11. The Balaban J connectivity index is 1.14. The molecular weight excluding hydrogens is 468 g/mol. The number of methoxy groups -OCH3 is 1. The van der Waals surface area contributed by atoms with E-state index in [2.05, 4.69) is 34.3 Å². The van der Waals surface area contributed by atoms with Crippen LogP contribution in [0.4, 0.5) is 0 Å². The van der Waals surface area contributed by atoms with E-state index in [1.807, 2.05) is 47.4 Å². The number of ether oxygens (including phenoxy) is 2. The van der Waals surface area contributed by atoms with Gasteiger partial charge in [-0.1, -0.05) is 24.3 Å². The zero-order chi connectivity index (χ0) is 26.0. The van der Waals surface area contributed by atoms with E-state index in [4.69, 9.17) is 9.47 Å². The van der Waals surface area contributed by atoms with Gasteiger partial charge in [-0.2, -0.15) is 0 Å². The molecule has 2 fully saturated rings. The minimum atomic E-state index is 0.0452. The molecule has 1 N–H and O–H groups in total. The number of nitrogens with zero attached hydrogens (tertiary/aromatic N) is 3. The van der Waals surface area contributed by atoms with Crippen LogP contribution < -0.4 is 14.8 Å². The minimum Gasteiger partial charge on any atom is -0.497 e. The second-order valence-corrected chi connectivity index (χ2v) is 9.77. The van der Waals surface area contributed by atoms with E-state index in [1.165, 1.54) is 5.56 Å². The smallest absolute Gasteiger partial charge is 0.246 e. The van der Waals surface area contributed by atoms with Crippen LogP contribution >= 0.6 is 0 Å². The topological polar surface area (TPSA) is 74.4 Å². The Morgan fingerprint density at radius 1 is 1.11 bits per heavy atom. The van der Waals surface area contributed by atoms with Crippen molar-refractivity contribution in [3.05, 3.63) is 65.7 Å². The fourth-order valence-electron chi connectivity index (χ4n) is 4.77. The molecule has 0 saturated carbocycles. The number of hydrogen-bond acceptors (Lipinski definition) is 6. The van der Waals surface area contributed by atoms with Crippen LogP contribution in [0.2, 0.25) is 0 Å². The number of carbonyl (C=O) groups is 2. The number of nitrogens with one attached hydrogen (secondary N) is 1. The van der Waals surface area contributed by atoms with Crippen molar-refractivity contribution in [3.8, 4) is 11.5 Å². The maximum atomic E-state index is 12.6. The van der Waals surface area contributed by atoms with E-state index in [1.54, 1.807) is 13.2 Å². The van der Waals surface area contributed by atoms with Crippen molar-refractivity contribution in [1.82, 2.24) is 20.0 Å². The van der Waals surface area contributed by atoms with E-state index >= 15 is 0 Å². The minimum absolute atomic E-state index is 0.0452. The quantitative estimate of drug-likeness (QED) is 0.473. The first-order chi connectivity index (χ1) is 18.0. The summed E-state index contributed by atoms with van der Waals surface area (Å²) < 4.78 is 11.2. The predicted molar refractivity (Wildman–Crippen MR) is 144 cm³/mol. The summed E-state index contributed by atoms with van der Waals surface area (Å²) in [5.41, 5.74) is 2.17. The van der Waals surface area contributed by atoms with Crippen molar-refractivity contribution in [1.29, 1.82) is 0 Å². The van der Waals surface area contributed by atoms with E-state index in [-0.39, 0.29) is 17.9 Å². The Labute approximate surface area is 219 Å². The molecule has 198 valence electrons. The van der Waals surface area contributed by atoms with Crippen molar-refractivity contribution in [2.45, 2.75) is 25.4 Å². The molecule has 4 rings (SSSR count). The molecule has 8 heteroatoms. The molecule has 0 radical (unpaired) electrons. The van der Waals surface area contributed by atoms with Gasteiger partial charge in [-0.25, -0.2) is 0 Å². The van der Waals surface area contributed by atoms with Gasteiger partial charge in [0.2, 0.25) is 11.8 Å². The first-order valence-electron chi connectivity index (χ1n) is 13.0. The highest BCUT2D eigenvalue weighted by atomic mass is 16.5. The number of likely N-dealkylation sites (N-methyl/N-ethyl adjacent to an activating group) is 1. The van der Waals surface area contributed by atoms with Gasteiger partial charge in [0.25, 0.3) is 0 Å². The molecule has 2 amide bonds. The summed E-state index contributed by atoms with van der Waals surface area (Å²) in [5.74, 6) is 1.88. The van der Waals surface area contributed by atoms with Crippen LogP contribution in [0.15, 0.2) is 54.6 Å². The first-order valence-corrected chi connectivity index (χ1v) is 13.0. The molecule has 2 aliphatic heterocycles. The fourth-order valence-corrected chi connectivity index (χ4v) is 4.77. The predicted octanol–water partition coefficient (Wildman–Crippen LogP) is 2.64. The first kappa shape index (κ1) is 26.7. The molecule has 8 nitrogen and oxygen atoms in total. The molecule has 0 unspecified atom stereocenters. The maximum Gasteiger partial charge on any atom is 0.246 e. The van der Waals surface area contributed by atoms with Crippen molar-refractivity contribution < 1.29 is 19.1 Å². The third-order valence-corrected chi connectivity index (χ3v) is 6.86. The zero-order valence-corrected chi connectivity index (χ0v) is 21.9. The summed E-state index contributed by atoms with van der Waals surface area (Å²) in [6.45, 7) is 6.22. The van der Waals surface area contributed by atoms with Crippen LogP contribution in [0.25, 0.3) is 6.08 Å². The number of hydrogen-bond donors (Lipinski definition) is 1. The van der Waals surface area contributed by atoms with Crippen LogP contribution in [-0.4, -0.2) is 92.6 Å². The molecular formula is C29H38N4O4. The van der Waals surface area contributed by atoms with Crippen LogP contribution in [0.1, 0.15) is 24.0 Å². The zero-order valence-electron chi connectivity index (χ0n) is 21.9. The van der Waals surface area contributed by atoms with Gasteiger partial charge in [-0.3, -0.25) is 14.5 Å². The molecule has 0 bridgehead atoms. The summed E-state index contributed by atoms with van der Waals surface area (Å²) in [6.07, 6.45) is 5.04. The molecule has 2 aromatic carbocycles. The normalized spacial score (nSPS) is 18.4. The lowest BCUT2D eigenvalue weighted by atomic mass is 10.1. The van der Waals surface area contributed by atoms with Gasteiger partial charge in [-0.15, -0.1) is 0 Å². The molecule has 2 heterocycles.